The van der Waals surface area contributed by atoms with Gasteiger partial charge in [-0.25, -0.2) is 0 Å². The van der Waals surface area contributed by atoms with Crippen molar-refractivity contribution < 1.29 is 9.90 Å². The van der Waals surface area contributed by atoms with E-state index in [4.69, 9.17) is 0 Å². The van der Waals surface area contributed by atoms with E-state index in [2.05, 4.69) is 10.6 Å². The molecule has 1 aliphatic rings. The molecule has 1 aromatic carbocycles. The van der Waals surface area contributed by atoms with Gasteiger partial charge in [0.1, 0.15) is 5.75 Å². The number of piperidine rings is 1. The van der Waals surface area contributed by atoms with Gasteiger partial charge in [0, 0.05) is 0 Å². The summed E-state index contributed by atoms with van der Waals surface area (Å²) >= 11 is 0. The van der Waals surface area contributed by atoms with Gasteiger partial charge in [0.25, 0.3) is 0 Å². The zero-order valence-corrected chi connectivity index (χ0v) is 10.7. The number of nitrogens with one attached hydrogen (secondary N) is 2. The van der Waals surface area contributed by atoms with Crippen molar-refractivity contribution in [1.29, 1.82) is 0 Å². The van der Waals surface area contributed by atoms with Gasteiger partial charge in [-0.2, -0.15) is 0 Å². The largest absolute Gasteiger partial charge is 0.506 e. The average molecular weight is 248 g/mol. The van der Waals surface area contributed by atoms with Crippen molar-refractivity contribution in [3.8, 4) is 5.75 Å². The monoisotopic (exact) mass is 248 g/mol. The molecule has 3 N–H and O–H groups in total. The average Bonchev–Trinajstić information content (AvgIpc) is 2.42. The van der Waals surface area contributed by atoms with Crippen molar-refractivity contribution in [1.82, 2.24) is 5.32 Å². The van der Waals surface area contributed by atoms with Crippen molar-refractivity contribution in [2.75, 3.05) is 11.9 Å². The van der Waals surface area contributed by atoms with E-state index in [9.17, 15) is 9.90 Å². The minimum absolute atomic E-state index is 0.0572. The molecule has 0 radical (unpaired) electrons. The second-order valence-electron chi connectivity index (χ2n) is 4.70. The molecule has 2 rings (SSSR count). The second-order valence-corrected chi connectivity index (χ2v) is 4.70. The molecular formula is C14H20N2O2. The highest BCUT2D eigenvalue weighted by Crippen LogP contribution is 2.25. The molecule has 98 valence electrons. The summed E-state index contributed by atoms with van der Waals surface area (Å²) in [7, 11) is 0. The summed E-state index contributed by atoms with van der Waals surface area (Å²) in [6, 6.07) is 5.19. The molecule has 0 aliphatic carbocycles. The molecule has 0 bridgehead atoms. The summed E-state index contributed by atoms with van der Waals surface area (Å²) in [5.74, 6) is 0.0645. The first-order valence-corrected chi connectivity index (χ1v) is 6.57. The van der Waals surface area contributed by atoms with Crippen LogP contribution in [0.2, 0.25) is 0 Å². The van der Waals surface area contributed by atoms with Crippen LogP contribution in [0.1, 0.15) is 31.7 Å². The van der Waals surface area contributed by atoms with Gasteiger partial charge in [0.2, 0.25) is 5.91 Å². The number of aromatic hydroxyl groups is 1. The molecule has 1 fully saturated rings. The zero-order chi connectivity index (χ0) is 13.0. The molecule has 1 atom stereocenters. The number of benzene rings is 1. The predicted octanol–water partition coefficient (Wildman–Crippen LogP) is 2.04. The van der Waals surface area contributed by atoms with Gasteiger partial charge in [-0.1, -0.05) is 19.4 Å². The molecule has 1 amide bonds. The number of rotatable bonds is 3. The van der Waals surface area contributed by atoms with Crippen LogP contribution in [0.3, 0.4) is 0 Å². The lowest BCUT2D eigenvalue weighted by molar-refractivity contribution is -0.118. The molecule has 0 aromatic heterocycles. The lowest BCUT2D eigenvalue weighted by atomic mass is 10.0. The molecule has 0 saturated carbocycles. The first kappa shape index (κ1) is 12.9. The number of carbonyl (C=O) groups excluding carboxylic acids is 1. The predicted molar refractivity (Wildman–Crippen MR) is 71.8 cm³/mol. The van der Waals surface area contributed by atoms with Crippen molar-refractivity contribution >= 4 is 11.6 Å². The second kappa shape index (κ2) is 5.87. The standard InChI is InChI=1S/C14H20N2O2/c1-2-10-6-7-13(17)12(9-10)16-14(18)11-5-3-4-8-15-11/h6-7,9,11,15,17H,2-5,8H2,1H3,(H,16,18)/t11-/m1/s1. The van der Waals surface area contributed by atoms with Crippen LogP contribution in [0.15, 0.2) is 18.2 Å². The van der Waals surface area contributed by atoms with E-state index in [-0.39, 0.29) is 17.7 Å². The fourth-order valence-electron chi connectivity index (χ4n) is 2.20. The van der Waals surface area contributed by atoms with Crippen molar-refractivity contribution in [2.24, 2.45) is 0 Å². The Kier molecular flexibility index (Phi) is 4.20. The number of hydrogen-bond donors (Lipinski definition) is 3. The van der Waals surface area contributed by atoms with Crippen molar-refractivity contribution in [2.45, 2.75) is 38.6 Å². The normalized spacial score (nSPS) is 19.5. The van der Waals surface area contributed by atoms with Gasteiger partial charge in [-0.3, -0.25) is 4.79 Å². The Labute approximate surface area is 107 Å². The molecule has 4 nitrogen and oxygen atoms in total. The van der Waals surface area contributed by atoms with Crippen LogP contribution in [0.4, 0.5) is 5.69 Å². The molecular weight excluding hydrogens is 228 g/mol. The van der Waals surface area contributed by atoms with Gasteiger partial charge in [0.15, 0.2) is 0 Å². The number of phenolic OH excluding ortho intramolecular Hbond substituents is 1. The van der Waals surface area contributed by atoms with Crippen LogP contribution in [-0.4, -0.2) is 23.6 Å². The number of carbonyl (C=O) groups is 1. The van der Waals surface area contributed by atoms with Gasteiger partial charge in [0.05, 0.1) is 11.7 Å². The van der Waals surface area contributed by atoms with Gasteiger partial charge in [-0.15, -0.1) is 0 Å². The summed E-state index contributed by atoms with van der Waals surface area (Å²) < 4.78 is 0. The van der Waals surface area contributed by atoms with Gasteiger partial charge < -0.3 is 15.7 Å². The quantitative estimate of drug-likeness (QED) is 0.717. The molecule has 1 aliphatic heterocycles. The smallest absolute Gasteiger partial charge is 0.241 e. The molecule has 0 unspecified atom stereocenters. The fraction of sp³-hybridized carbons (Fsp3) is 0.500. The van der Waals surface area contributed by atoms with Gasteiger partial charge >= 0.3 is 0 Å². The highest BCUT2D eigenvalue weighted by Gasteiger charge is 2.21. The molecule has 1 heterocycles. The van der Waals surface area contributed by atoms with E-state index in [1.807, 2.05) is 19.1 Å². The summed E-state index contributed by atoms with van der Waals surface area (Å²) in [6.45, 7) is 2.93. The van der Waals surface area contributed by atoms with E-state index in [0.29, 0.717) is 5.69 Å². The Morgan fingerprint density at radius 1 is 1.50 bits per heavy atom. The number of anilines is 1. The highest BCUT2D eigenvalue weighted by molar-refractivity contribution is 5.96. The number of aryl methyl sites for hydroxylation is 1. The third kappa shape index (κ3) is 3.01. The minimum Gasteiger partial charge on any atom is -0.506 e. The Morgan fingerprint density at radius 3 is 3.00 bits per heavy atom. The van der Waals surface area contributed by atoms with E-state index < -0.39 is 0 Å². The first-order valence-electron chi connectivity index (χ1n) is 6.57. The first-order chi connectivity index (χ1) is 8.70. The van der Waals surface area contributed by atoms with Crippen LogP contribution in [0.25, 0.3) is 0 Å². The van der Waals surface area contributed by atoms with E-state index in [0.717, 1.165) is 37.8 Å². The van der Waals surface area contributed by atoms with Crippen LogP contribution in [0, 0.1) is 0 Å². The van der Waals surface area contributed by atoms with Crippen LogP contribution < -0.4 is 10.6 Å². The third-order valence-corrected chi connectivity index (χ3v) is 3.35. The maximum Gasteiger partial charge on any atom is 0.241 e. The minimum atomic E-state index is -0.136. The molecule has 4 heteroatoms. The van der Waals surface area contributed by atoms with Crippen molar-refractivity contribution in [3.05, 3.63) is 23.8 Å². The van der Waals surface area contributed by atoms with E-state index in [1.165, 1.54) is 0 Å². The van der Waals surface area contributed by atoms with Gasteiger partial charge in [-0.05, 0) is 43.5 Å². The van der Waals surface area contributed by atoms with Crippen LogP contribution >= 0.6 is 0 Å². The third-order valence-electron chi connectivity index (χ3n) is 3.35. The molecule has 0 spiro atoms. The maximum atomic E-state index is 12.0. The van der Waals surface area contributed by atoms with Crippen molar-refractivity contribution in [3.63, 3.8) is 0 Å². The Hall–Kier alpha value is -1.55. The van der Waals surface area contributed by atoms with Crippen LogP contribution in [0.5, 0.6) is 5.75 Å². The number of phenols is 1. The molecule has 1 aromatic rings. The summed E-state index contributed by atoms with van der Waals surface area (Å²) in [5.41, 5.74) is 1.60. The maximum absolute atomic E-state index is 12.0. The Bertz CT molecular complexity index is 426. The topological polar surface area (TPSA) is 61.4 Å². The summed E-state index contributed by atoms with van der Waals surface area (Å²) in [5, 5.41) is 15.7. The lowest BCUT2D eigenvalue weighted by Gasteiger charge is -2.22. The summed E-state index contributed by atoms with van der Waals surface area (Å²) in [4.78, 5) is 12.0. The summed E-state index contributed by atoms with van der Waals surface area (Å²) in [6.07, 6.45) is 3.94. The molecule has 1 saturated heterocycles. The SMILES string of the molecule is CCc1ccc(O)c(NC(=O)[C@H]2CCCCN2)c1. The fourth-order valence-corrected chi connectivity index (χ4v) is 2.20. The highest BCUT2D eigenvalue weighted by atomic mass is 16.3. The van der Waals surface area contributed by atoms with Crippen LogP contribution in [-0.2, 0) is 11.2 Å². The zero-order valence-electron chi connectivity index (χ0n) is 10.7. The van der Waals surface area contributed by atoms with E-state index >= 15 is 0 Å². The Morgan fingerprint density at radius 2 is 2.33 bits per heavy atom. The number of hydrogen-bond acceptors (Lipinski definition) is 3. The number of amides is 1. The lowest BCUT2D eigenvalue weighted by Crippen LogP contribution is -2.43. The van der Waals surface area contributed by atoms with E-state index in [1.54, 1.807) is 6.07 Å². The Balaban J connectivity index is 2.05. The molecule has 18 heavy (non-hydrogen) atoms.